The van der Waals surface area contributed by atoms with Gasteiger partial charge in [-0.3, -0.25) is 0 Å². The number of aliphatic hydroxyl groups excluding tert-OH is 1. The van der Waals surface area contributed by atoms with E-state index < -0.39 is 18.0 Å². The fourth-order valence-electron chi connectivity index (χ4n) is 0.705. The lowest BCUT2D eigenvalue weighted by atomic mass is 10.3. The van der Waals surface area contributed by atoms with Gasteiger partial charge in [-0.25, -0.2) is 9.59 Å². The summed E-state index contributed by atoms with van der Waals surface area (Å²) in [6.07, 6.45) is 0.533. The maximum absolute atomic E-state index is 10.7. The van der Waals surface area contributed by atoms with E-state index in [9.17, 15) is 9.59 Å². The number of carbonyl (C=O) groups excluding carboxylic acids is 1. The summed E-state index contributed by atoms with van der Waals surface area (Å²) in [7, 11) is 0. The van der Waals surface area contributed by atoms with E-state index in [4.69, 9.17) is 10.2 Å². The summed E-state index contributed by atoms with van der Waals surface area (Å²) in [6.45, 7) is 2.16. The minimum Gasteiger partial charge on any atom is -0.479 e. The number of carbonyl (C=O) groups is 2. The zero-order chi connectivity index (χ0) is 10.3. The quantitative estimate of drug-likeness (QED) is 0.354. The zero-order valence-electron chi connectivity index (χ0n) is 7.52. The van der Waals surface area contributed by atoms with Gasteiger partial charge in [-0.15, -0.1) is 0 Å². The highest BCUT2D eigenvalue weighted by molar-refractivity contribution is 5.96. The third kappa shape index (κ3) is 5.19. The van der Waals surface area contributed by atoms with Gasteiger partial charge in [0.25, 0.3) is 0 Å². The summed E-state index contributed by atoms with van der Waals surface area (Å²) in [5, 5.41) is 16.9. The third-order valence-corrected chi connectivity index (χ3v) is 1.45. The second kappa shape index (κ2) is 6.42. The van der Waals surface area contributed by atoms with Crippen LogP contribution in [0.15, 0.2) is 0 Å². The van der Waals surface area contributed by atoms with Crippen LogP contribution in [0.4, 0.5) is 0 Å². The van der Waals surface area contributed by atoms with E-state index in [1.807, 2.05) is 6.92 Å². The summed E-state index contributed by atoms with van der Waals surface area (Å²) in [4.78, 5) is 20.8. The Balaban J connectivity index is 3.56. The first kappa shape index (κ1) is 11.9. The number of hydrogen-bond donors (Lipinski definition) is 2. The predicted octanol–water partition coefficient (Wildman–Crippen LogP) is 0.165. The number of esters is 1. The Morgan fingerprint density at radius 1 is 1.38 bits per heavy atom. The Morgan fingerprint density at radius 2 is 2.00 bits per heavy atom. The molecule has 0 aromatic carbocycles. The SMILES string of the molecule is CCCCCOC(=O)C(O)C(=O)O. The number of carboxylic acid groups (broad SMARTS) is 1. The normalized spacial score (nSPS) is 12.2. The zero-order valence-corrected chi connectivity index (χ0v) is 7.52. The van der Waals surface area contributed by atoms with Crippen molar-refractivity contribution in [3.05, 3.63) is 0 Å². The molecule has 0 fully saturated rings. The van der Waals surface area contributed by atoms with Crippen molar-refractivity contribution in [3.63, 3.8) is 0 Å². The highest BCUT2D eigenvalue weighted by Crippen LogP contribution is 1.96. The standard InChI is InChI=1S/C8H14O5/c1-2-3-4-5-13-8(12)6(9)7(10)11/h6,9H,2-5H2,1H3,(H,10,11). The van der Waals surface area contributed by atoms with Gasteiger partial charge >= 0.3 is 11.9 Å². The summed E-state index contributed by atoms with van der Waals surface area (Å²) in [5.74, 6) is -2.68. The molecule has 0 aliphatic rings. The number of aliphatic hydroxyl groups is 1. The van der Waals surface area contributed by atoms with Crippen LogP contribution in [-0.4, -0.2) is 34.9 Å². The minimum absolute atomic E-state index is 0.164. The predicted molar refractivity (Wildman–Crippen MR) is 44.1 cm³/mol. The molecule has 0 aromatic heterocycles. The maximum atomic E-state index is 10.7. The lowest BCUT2D eigenvalue weighted by Gasteiger charge is -2.05. The van der Waals surface area contributed by atoms with Crippen molar-refractivity contribution in [1.82, 2.24) is 0 Å². The molecule has 1 atom stereocenters. The Labute approximate surface area is 76.3 Å². The van der Waals surface area contributed by atoms with Crippen molar-refractivity contribution < 1.29 is 24.5 Å². The van der Waals surface area contributed by atoms with E-state index in [-0.39, 0.29) is 6.61 Å². The van der Waals surface area contributed by atoms with E-state index in [0.717, 1.165) is 12.8 Å². The lowest BCUT2D eigenvalue weighted by molar-refractivity contribution is -0.165. The average molecular weight is 190 g/mol. The molecular weight excluding hydrogens is 176 g/mol. The molecule has 2 N–H and O–H groups in total. The number of ether oxygens (including phenoxy) is 1. The first-order chi connectivity index (χ1) is 6.09. The maximum Gasteiger partial charge on any atom is 0.346 e. The Morgan fingerprint density at radius 3 is 2.46 bits per heavy atom. The summed E-state index contributed by atoms with van der Waals surface area (Å²) < 4.78 is 4.50. The van der Waals surface area contributed by atoms with Crippen LogP contribution in [0, 0.1) is 0 Å². The van der Waals surface area contributed by atoms with Crippen molar-refractivity contribution in [1.29, 1.82) is 0 Å². The first-order valence-electron chi connectivity index (χ1n) is 4.17. The molecule has 0 heterocycles. The molecule has 0 rings (SSSR count). The molecule has 5 heteroatoms. The van der Waals surface area contributed by atoms with Gasteiger partial charge in [-0.1, -0.05) is 19.8 Å². The molecule has 76 valence electrons. The molecule has 0 saturated carbocycles. The van der Waals surface area contributed by atoms with Crippen molar-refractivity contribution in [2.24, 2.45) is 0 Å². The van der Waals surface area contributed by atoms with Gasteiger partial charge in [0.1, 0.15) is 0 Å². The molecule has 0 aromatic rings. The van der Waals surface area contributed by atoms with Gasteiger partial charge in [-0.05, 0) is 6.42 Å². The van der Waals surface area contributed by atoms with Gasteiger partial charge in [0.15, 0.2) is 0 Å². The van der Waals surface area contributed by atoms with Gasteiger partial charge in [0.2, 0.25) is 6.10 Å². The third-order valence-electron chi connectivity index (χ3n) is 1.45. The van der Waals surface area contributed by atoms with Crippen LogP contribution in [0.5, 0.6) is 0 Å². The summed E-state index contributed by atoms with van der Waals surface area (Å²) in [6, 6.07) is 0. The highest BCUT2D eigenvalue weighted by atomic mass is 16.6. The Bertz CT molecular complexity index is 177. The van der Waals surface area contributed by atoms with Crippen LogP contribution in [0.1, 0.15) is 26.2 Å². The average Bonchev–Trinajstić information content (AvgIpc) is 2.10. The van der Waals surface area contributed by atoms with E-state index in [0.29, 0.717) is 6.42 Å². The molecule has 13 heavy (non-hydrogen) atoms. The van der Waals surface area contributed by atoms with Crippen molar-refractivity contribution in [3.8, 4) is 0 Å². The number of unbranched alkanes of at least 4 members (excludes halogenated alkanes) is 2. The summed E-state index contributed by atoms with van der Waals surface area (Å²) in [5.41, 5.74) is 0. The van der Waals surface area contributed by atoms with Crippen molar-refractivity contribution in [2.75, 3.05) is 6.61 Å². The smallest absolute Gasteiger partial charge is 0.346 e. The molecular formula is C8H14O5. The van der Waals surface area contributed by atoms with Gasteiger partial charge in [-0.2, -0.15) is 0 Å². The lowest BCUT2D eigenvalue weighted by Crippen LogP contribution is -2.31. The van der Waals surface area contributed by atoms with E-state index in [1.165, 1.54) is 0 Å². The van der Waals surface area contributed by atoms with Gasteiger partial charge in [0.05, 0.1) is 6.61 Å². The van der Waals surface area contributed by atoms with Crippen molar-refractivity contribution in [2.45, 2.75) is 32.3 Å². The first-order valence-corrected chi connectivity index (χ1v) is 4.17. The second-order valence-electron chi connectivity index (χ2n) is 2.62. The number of rotatable bonds is 6. The second-order valence-corrected chi connectivity index (χ2v) is 2.62. The number of aliphatic carboxylic acids is 1. The molecule has 0 bridgehead atoms. The molecule has 5 nitrogen and oxygen atoms in total. The minimum atomic E-state index is -2.05. The molecule has 0 radical (unpaired) electrons. The van der Waals surface area contributed by atoms with E-state index in [2.05, 4.69) is 4.74 Å². The number of hydrogen-bond acceptors (Lipinski definition) is 4. The van der Waals surface area contributed by atoms with Gasteiger partial charge < -0.3 is 14.9 Å². The van der Waals surface area contributed by atoms with Crippen LogP contribution in [-0.2, 0) is 14.3 Å². The van der Waals surface area contributed by atoms with E-state index in [1.54, 1.807) is 0 Å². The molecule has 1 unspecified atom stereocenters. The molecule has 0 aliphatic carbocycles. The van der Waals surface area contributed by atoms with Gasteiger partial charge in [0, 0.05) is 0 Å². The molecule has 0 aliphatic heterocycles. The number of carboxylic acids is 1. The Kier molecular flexibility index (Phi) is 5.88. The molecule has 0 amide bonds. The fraction of sp³-hybridized carbons (Fsp3) is 0.750. The van der Waals surface area contributed by atoms with Crippen LogP contribution >= 0.6 is 0 Å². The van der Waals surface area contributed by atoms with Crippen LogP contribution < -0.4 is 0 Å². The fourth-order valence-corrected chi connectivity index (χ4v) is 0.705. The van der Waals surface area contributed by atoms with Crippen LogP contribution in [0.3, 0.4) is 0 Å². The summed E-state index contributed by atoms with van der Waals surface area (Å²) >= 11 is 0. The Hall–Kier alpha value is -1.10. The highest BCUT2D eigenvalue weighted by Gasteiger charge is 2.24. The van der Waals surface area contributed by atoms with Crippen LogP contribution in [0.25, 0.3) is 0 Å². The molecule has 0 spiro atoms. The molecule has 0 saturated heterocycles. The van der Waals surface area contributed by atoms with Crippen molar-refractivity contribution >= 4 is 11.9 Å². The van der Waals surface area contributed by atoms with E-state index >= 15 is 0 Å². The van der Waals surface area contributed by atoms with Crippen LogP contribution in [0.2, 0.25) is 0 Å². The largest absolute Gasteiger partial charge is 0.479 e. The monoisotopic (exact) mass is 190 g/mol. The topological polar surface area (TPSA) is 83.8 Å².